The number of nitrogens with one attached hydrogen (secondary N) is 3. The Kier molecular flexibility index (Phi) is 11.1. The van der Waals surface area contributed by atoms with Crippen molar-refractivity contribution in [2.45, 2.75) is 63.9 Å². The van der Waals surface area contributed by atoms with Crippen molar-refractivity contribution in [2.75, 3.05) is 6.54 Å². The van der Waals surface area contributed by atoms with Crippen LogP contribution in [0.1, 0.15) is 57.3 Å². The van der Waals surface area contributed by atoms with E-state index in [1.54, 1.807) is 0 Å². The number of primary sulfonamides is 1. The number of benzene rings is 1. The monoisotopic (exact) mass is 498 g/mol. The first-order chi connectivity index (χ1) is 15.7. The number of sulfonamides is 1. The molecule has 0 aliphatic heterocycles. The maximum atomic E-state index is 13.0. The minimum absolute atomic E-state index is 0.0359. The molecular formula is C22H34N4O7S. The Bertz CT molecular complexity index is 975. The molecule has 0 aliphatic carbocycles. The van der Waals surface area contributed by atoms with Crippen LogP contribution in [-0.4, -0.2) is 55.8 Å². The normalized spacial score (nSPS) is 13.3. The van der Waals surface area contributed by atoms with E-state index in [2.05, 4.69) is 16.0 Å². The molecule has 0 bridgehead atoms. The molecular weight excluding hydrogens is 464 g/mol. The first kappa shape index (κ1) is 29.0. The maximum absolute atomic E-state index is 13.0. The van der Waals surface area contributed by atoms with Gasteiger partial charge < -0.3 is 21.1 Å². The Morgan fingerprint density at radius 2 is 1.38 bits per heavy atom. The third kappa shape index (κ3) is 10.3. The van der Waals surface area contributed by atoms with Gasteiger partial charge in [-0.2, -0.15) is 0 Å². The number of rotatable bonds is 13. The smallest absolute Gasteiger partial charge is 0.305 e. The Hall–Kier alpha value is -2.99. The highest BCUT2D eigenvalue weighted by Crippen LogP contribution is 2.12. The predicted molar refractivity (Wildman–Crippen MR) is 125 cm³/mol. The van der Waals surface area contributed by atoms with Crippen molar-refractivity contribution in [2.24, 2.45) is 17.0 Å². The SMILES string of the molecule is CC(C)C[C@H](NC(=O)c1ccc(S(N)(=O)=O)cc1)C(=O)N[C@@H](CC(C)C)C(=O)NCCC(=O)O. The van der Waals surface area contributed by atoms with Crippen LogP contribution in [0.3, 0.4) is 0 Å². The molecule has 0 heterocycles. The lowest BCUT2D eigenvalue weighted by Gasteiger charge is -2.25. The third-order valence-electron chi connectivity index (χ3n) is 4.75. The molecule has 1 rings (SSSR count). The summed E-state index contributed by atoms with van der Waals surface area (Å²) in [5.74, 6) is -2.60. The summed E-state index contributed by atoms with van der Waals surface area (Å²) in [7, 11) is -3.91. The number of nitrogens with two attached hydrogens (primary N) is 1. The van der Waals surface area contributed by atoms with Gasteiger partial charge in [-0.25, -0.2) is 13.6 Å². The van der Waals surface area contributed by atoms with Gasteiger partial charge in [0.05, 0.1) is 11.3 Å². The first-order valence-electron chi connectivity index (χ1n) is 10.9. The van der Waals surface area contributed by atoms with Crippen molar-refractivity contribution >= 4 is 33.7 Å². The molecule has 2 atom stereocenters. The average Bonchev–Trinajstić information content (AvgIpc) is 2.71. The standard InChI is InChI=1S/C22H34N4O7S/c1-13(2)11-17(21(30)24-10-9-19(27)28)26-22(31)18(12-14(3)4)25-20(29)15-5-7-16(8-6-15)34(23,32)33/h5-8,13-14,17-18H,9-12H2,1-4H3,(H,24,30)(H,25,29)(H,26,31)(H,27,28)(H2,23,32,33)/t17-,18-/m0/s1. The minimum atomic E-state index is -3.91. The van der Waals surface area contributed by atoms with E-state index in [0.29, 0.717) is 12.8 Å². The molecule has 0 fully saturated rings. The van der Waals surface area contributed by atoms with Gasteiger partial charge in [0, 0.05) is 12.1 Å². The van der Waals surface area contributed by atoms with Crippen LogP contribution < -0.4 is 21.1 Å². The highest BCUT2D eigenvalue weighted by molar-refractivity contribution is 7.89. The molecule has 0 saturated heterocycles. The molecule has 0 aromatic heterocycles. The molecule has 11 nitrogen and oxygen atoms in total. The Morgan fingerprint density at radius 3 is 1.82 bits per heavy atom. The molecule has 3 amide bonds. The lowest BCUT2D eigenvalue weighted by molar-refractivity contribution is -0.137. The lowest BCUT2D eigenvalue weighted by Crippen LogP contribution is -2.54. The summed E-state index contributed by atoms with van der Waals surface area (Å²) in [5.41, 5.74) is 0.138. The summed E-state index contributed by atoms with van der Waals surface area (Å²) in [6.45, 7) is 7.43. The van der Waals surface area contributed by atoms with Gasteiger partial charge >= 0.3 is 5.97 Å². The molecule has 12 heteroatoms. The van der Waals surface area contributed by atoms with E-state index in [1.165, 1.54) is 24.3 Å². The van der Waals surface area contributed by atoms with Crippen molar-refractivity contribution < 1.29 is 32.7 Å². The third-order valence-corrected chi connectivity index (χ3v) is 5.68. The zero-order valence-corrected chi connectivity index (χ0v) is 20.6. The van der Waals surface area contributed by atoms with E-state index in [0.717, 1.165) is 0 Å². The van der Waals surface area contributed by atoms with Crippen molar-refractivity contribution in [1.29, 1.82) is 0 Å². The van der Waals surface area contributed by atoms with E-state index in [4.69, 9.17) is 10.2 Å². The van der Waals surface area contributed by atoms with Gasteiger partial charge in [-0.15, -0.1) is 0 Å². The van der Waals surface area contributed by atoms with E-state index >= 15 is 0 Å². The molecule has 0 spiro atoms. The second kappa shape index (κ2) is 13.0. The minimum Gasteiger partial charge on any atom is -0.481 e. The van der Waals surface area contributed by atoms with E-state index < -0.39 is 45.8 Å². The molecule has 0 aliphatic rings. The van der Waals surface area contributed by atoms with Crippen LogP contribution in [0, 0.1) is 11.8 Å². The fourth-order valence-corrected chi connectivity index (χ4v) is 3.65. The topological polar surface area (TPSA) is 185 Å². The predicted octanol–water partition coefficient (Wildman–Crippen LogP) is 0.600. The number of carbonyl (C=O) groups excluding carboxylic acids is 3. The molecule has 190 valence electrons. The van der Waals surface area contributed by atoms with E-state index in [1.807, 2.05) is 27.7 Å². The Labute approximate surface area is 199 Å². The van der Waals surface area contributed by atoms with Crippen LogP contribution in [-0.2, 0) is 24.4 Å². The number of carboxylic acid groups (broad SMARTS) is 1. The van der Waals surface area contributed by atoms with Gasteiger partial charge in [0.25, 0.3) is 5.91 Å². The van der Waals surface area contributed by atoms with Crippen molar-refractivity contribution in [3.63, 3.8) is 0 Å². The van der Waals surface area contributed by atoms with Gasteiger partial charge in [-0.3, -0.25) is 19.2 Å². The second-order valence-electron chi connectivity index (χ2n) is 8.85. The second-order valence-corrected chi connectivity index (χ2v) is 10.4. The summed E-state index contributed by atoms with van der Waals surface area (Å²) < 4.78 is 22.8. The number of aliphatic carboxylic acids is 1. The summed E-state index contributed by atoms with van der Waals surface area (Å²) in [5, 5.41) is 21.6. The zero-order chi connectivity index (χ0) is 26.1. The van der Waals surface area contributed by atoms with Crippen LogP contribution in [0.4, 0.5) is 0 Å². The first-order valence-corrected chi connectivity index (χ1v) is 12.5. The number of amides is 3. The average molecular weight is 499 g/mol. The largest absolute Gasteiger partial charge is 0.481 e. The van der Waals surface area contributed by atoms with Crippen LogP contribution in [0.25, 0.3) is 0 Å². The number of carboxylic acids is 1. The highest BCUT2D eigenvalue weighted by Gasteiger charge is 2.28. The van der Waals surface area contributed by atoms with Gasteiger partial charge in [0.1, 0.15) is 12.1 Å². The highest BCUT2D eigenvalue weighted by atomic mass is 32.2. The summed E-state index contributed by atoms with van der Waals surface area (Å²) >= 11 is 0. The van der Waals surface area contributed by atoms with Gasteiger partial charge in [0.15, 0.2) is 0 Å². The van der Waals surface area contributed by atoms with Crippen LogP contribution >= 0.6 is 0 Å². The summed E-state index contributed by atoms with van der Waals surface area (Å²) in [6, 6.07) is 3.12. The number of hydrogen-bond acceptors (Lipinski definition) is 6. The fourth-order valence-electron chi connectivity index (χ4n) is 3.13. The van der Waals surface area contributed by atoms with E-state index in [9.17, 15) is 27.6 Å². The lowest BCUT2D eigenvalue weighted by atomic mass is 9.99. The quantitative estimate of drug-likeness (QED) is 0.263. The number of hydrogen-bond donors (Lipinski definition) is 5. The number of carbonyl (C=O) groups is 4. The van der Waals surface area contributed by atoms with Crippen molar-refractivity contribution in [1.82, 2.24) is 16.0 Å². The molecule has 1 aromatic carbocycles. The Balaban J connectivity index is 2.97. The summed E-state index contributed by atoms with van der Waals surface area (Å²) in [6.07, 6.45) is 0.369. The summed E-state index contributed by atoms with van der Waals surface area (Å²) in [4.78, 5) is 48.8. The van der Waals surface area contributed by atoms with Crippen molar-refractivity contribution in [3.8, 4) is 0 Å². The molecule has 0 saturated carbocycles. The molecule has 0 radical (unpaired) electrons. The van der Waals surface area contributed by atoms with E-state index in [-0.39, 0.29) is 35.3 Å². The van der Waals surface area contributed by atoms with Crippen LogP contribution in [0.5, 0.6) is 0 Å². The van der Waals surface area contributed by atoms with Crippen LogP contribution in [0.15, 0.2) is 29.2 Å². The zero-order valence-electron chi connectivity index (χ0n) is 19.8. The maximum Gasteiger partial charge on any atom is 0.305 e. The molecule has 0 unspecified atom stereocenters. The molecule has 6 N–H and O–H groups in total. The Morgan fingerprint density at radius 1 is 0.882 bits per heavy atom. The van der Waals surface area contributed by atoms with Crippen molar-refractivity contribution in [3.05, 3.63) is 29.8 Å². The van der Waals surface area contributed by atoms with Crippen LogP contribution in [0.2, 0.25) is 0 Å². The molecule has 1 aromatic rings. The van der Waals surface area contributed by atoms with Gasteiger partial charge in [0.2, 0.25) is 21.8 Å². The fraction of sp³-hybridized carbons (Fsp3) is 0.545. The van der Waals surface area contributed by atoms with Gasteiger partial charge in [-0.05, 0) is 48.9 Å². The van der Waals surface area contributed by atoms with Gasteiger partial charge in [-0.1, -0.05) is 27.7 Å². The molecule has 34 heavy (non-hydrogen) atoms.